The smallest absolute Gasteiger partial charge is 0.152 e. The molecule has 2 heterocycles. The molecule has 1 aromatic rings. The van der Waals surface area contributed by atoms with E-state index in [1.54, 1.807) is 0 Å². The average Bonchev–Trinajstić information content (AvgIpc) is 2.42. The molecule has 0 bridgehead atoms. The number of nitrogens with zero attached hydrogens (tertiary/aromatic N) is 2. The van der Waals surface area contributed by atoms with Gasteiger partial charge in [-0.25, -0.2) is 9.97 Å². The minimum atomic E-state index is -0.00847. The Labute approximate surface area is 108 Å². The van der Waals surface area contributed by atoms with Gasteiger partial charge in [0, 0.05) is 12.4 Å². The first-order valence-electron chi connectivity index (χ1n) is 6.66. The van der Waals surface area contributed by atoms with Crippen molar-refractivity contribution in [2.45, 2.75) is 39.2 Å². The Morgan fingerprint density at radius 3 is 2.78 bits per heavy atom. The molecule has 0 saturated heterocycles. The van der Waals surface area contributed by atoms with Crippen molar-refractivity contribution < 1.29 is 4.74 Å². The van der Waals surface area contributed by atoms with Gasteiger partial charge in [-0.1, -0.05) is 6.92 Å². The van der Waals surface area contributed by atoms with Gasteiger partial charge in [-0.05, 0) is 44.4 Å². The van der Waals surface area contributed by atoms with E-state index in [4.69, 9.17) is 4.74 Å². The fourth-order valence-electron chi connectivity index (χ4n) is 1.94. The predicted octanol–water partition coefficient (Wildman–Crippen LogP) is 2.52. The van der Waals surface area contributed by atoms with Crippen molar-refractivity contribution in [3.05, 3.63) is 35.6 Å². The van der Waals surface area contributed by atoms with E-state index in [0.29, 0.717) is 0 Å². The first-order valence-corrected chi connectivity index (χ1v) is 6.66. The molecule has 2 rings (SSSR count). The van der Waals surface area contributed by atoms with Crippen molar-refractivity contribution in [3.8, 4) is 0 Å². The maximum Gasteiger partial charge on any atom is 0.152 e. The molecule has 0 amide bonds. The molecule has 1 N–H and O–H groups in total. The molecule has 0 aromatic carbocycles. The van der Waals surface area contributed by atoms with Crippen LogP contribution in [0.15, 0.2) is 24.2 Å². The molecule has 4 nitrogen and oxygen atoms in total. The van der Waals surface area contributed by atoms with Crippen molar-refractivity contribution in [1.82, 2.24) is 15.3 Å². The van der Waals surface area contributed by atoms with E-state index in [1.165, 1.54) is 0 Å². The van der Waals surface area contributed by atoms with Crippen molar-refractivity contribution in [1.29, 1.82) is 0 Å². The van der Waals surface area contributed by atoms with Gasteiger partial charge in [-0.15, -0.1) is 0 Å². The second-order valence-electron chi connectivity index (χ2n) is 4.60. The van der Waals surface area contributed by atoms with Gasteiger partial charge in [-0.3, -0.25) is 0 Å². The zero-order valence-corrected chi connectivity index (χ0v) is 11.1. The summed E-state index contributed by atoms with van der Waals surface area (Å²) in [5.41, 5.74) is 1.08. The van der Waals surface area contributed by atoms with Crippen LogP contribution in [0, 0.1) is 6.92 Å². The number of aromatic nitrogens is 2. The van der Waals surface area contributed by atoms with Gasteiger partial charge in [0.05, 0.1) is 6.61 Å². The van der Waals surface area contributed by atoms with Crippen LogP contribution in [-0.4, -0.2) is 23.1 Å². The molecule has 1 aliphatic rings. The zero-order valence-electron chi connectivity index (χ0n) is 11.1. The molecule has 18 heavy (non-hydrogen) atoms. The van der Waals surface area contributed by atoms with Crippen LogP contribution < -0.4 is 5.32 Å². The van der Waals surface area contributed by atoms with Gasteiger partial charge in [0.1, 0.15) is 11.8 Å². The lowest BCUT2D eigenvalue weighted by molar-refractivity contribution is 0.165. The van der Waals surface area contributed by atoms with Crippen molar-refractivity contribution in [2.24, 2.45) is 0 Å². The number of aryl methyl sites for hydroxylation is 1. The van der Waals surface area contributed by atoms with Gasteiger partial charge in [0.25, 0.3) is 0 Å². The largest absolute Gasteiger partial charge is 0.496 e. The maximum atomic E-state index is 5.74. The van der Waals surface area contributed by atoms with E-state index in [0.717, 1.165) is 49.6 Å². The summed E-state index contributed by atoms with van der Waals surface area (Å²) in [4.78, 5) is 8.82. The highest BCUT2D eigenvalue weighted by Crippen LogP contribution is 2.23. The van der Waals surface area contributed by atoms with Crippen LogP contribution in [0.2, 0.25) is 0 Å². The van der Waals surface area contributed by atoms with Crippen LogP contribution >= 0.6 is 0 Å². The molecule has 1 atom stereocenters. The summed E-state index contributed by atoms with van der Waals surface area (Å²) < 4.78 is 5.74. The van der Waals surface area contributed by atoms with Crippen LogP contribution in [0.1, 0.15) is 43.6 Å². The van der Waals surface area contributed by atoms with Gasteiger partial charge in [-0.2, -0.15) is 0 Å². The molecule has 4 heteroatoms. The molecular weight excluding hydrogens is 226 g/mol. The predicted molar refractivity (Wildman–Crippen MR) is 71.1 cm³/mol. The Kier molecular flexibility index (Phi) is 4.70. The Bertz CT molecular complexity index is 400. The minimum absolute atomic E-state index is 0.00847. The van der Waals surface area contributed by atoms with Crippen LogP contribution in [0.4, 0.5) is 0 Å². The number of hydrogen-bond donors (Lipinski definition) is 1. The third-order valence-corrected chi connectivity index (χ3v) is 2.90. The number of hydrogen-bond acceptors (Lipinski definition) is 4. The highest BCUT2D eigenvalue weighted by Gasteiger charge is 2.21. The molecule has 1 aliphatic heterocycles. The van der Waals surface area contributed by atoms with E-state index < -0.39 is 0 Å². The lowest BCUT2D eigenvalue weighted by Crippen LogP contribution is -2.27. The second-order valence-corrected chi connectivity index (χ2v) is 4.60. The molecule has 1 aromatic heterocycles. The van der Waals surface area contributed by atoms with Crippen molar-refractivity contribution >= 4 is 0 Å². The third-order valence-electron chi connectivity index (χ3n) is 2.90. The number of rotatable bonds is 5. The monoisotopic (exact) mass is 247 g/mol. The maximum absolute atomic E-state index is 5.74. The molecule has 1 unspecified atom stereocenters. The van der Waals surface area contributed by atoms with E-state index in [1.807, 2.05) is 19.3 Å². The minimum Gasteiger partial charge on any atom is -0.496 e. The summed E-state index contributed by atoms with van der Waals surface area (Å²) in [6.45, 7) is 5.87. The summed E-state index contributed by atoms with van der Waals surface area (Å²) in [6, 6.07) is -0.00847. The molecule has 0 radical (unpaired) electrons. The summed E-state index contributed by atoms with van der Waals surface area (Å²) in [5.74, 6) is 1.76. The standard InChI is InChI=1S/C14H21N3O/c1-3-7-15-13(12-6-4-5-8-18-12)14-16-9-11(2)10-17-14/h6,9-10,13,15H,3-5,7-8H2,1-2H3. The number of nitrogens with one attached hydrogen (secondary N) is 1. The molecule has 0 aliphatic carbocycles. The van der Waals surface area contributed by atoms with Gasteiger partial charge >= 0.3 is 0 Å². The molecule has 0 spiro atoms. The highest BCUT2D eigenvalue weighted by molar-refractivity contribution is 5.15. The molecule has 0 saturated carbocycles. The van der Waals surface area contributed by atoms with Gasteiger partial charge in [0.2, 0.25) is 0 Å². The quantitative estimate of drug-likeness (QED) is 0.868. The zero-order chi connectivity index (χ0) is 12.8. The van der Waals surface area contributed by atoms with E-state index >= 15 is 0 Å². The summed E-state index contributed by atoms with van der Waals surface area (Å²) >= 11 is 0. The average molecular weight is 247 g/mol. The van der Waals surface area contributed by atoms with Crippen LogP contribution in [-0.2, 0) is 4.74 Å². The number of allylic oxidation sites excluding steroid dienone is 1. The van der Waals surface area contributed by atoms with Crippen LogP contribution in [0.3, 0.4) is 0 Å². The Morgan fingerprint density at radius 2 is 2.17 bits per heavy atom. The fraction of sp³-hybridized carbons (Fsp3) is 0.571. The molecule has 98 valence electrons. The Hall–Kier alpha value is -1.42. The van der Waals surface area contributed by atoms with E-state index in [2.05, 4.69) is 28.3 Å². The first-order chi connectivity index (χ1) is 8.81. The lowest BCUT2D eigenvalue weighted by atomic mass is 10.1. The SMILES string of the molecule is CCCNC(C1=CCCCO1)c1ncc(C)cn1. The normalized spacial score (nSPS) is 16.9. The lowest BCUT2D eigenvalue weighted by Gasteiger charge is -2.23. The topological polar surface area (TPSA) is 47.0 Å². The number of ether oxygens (including phenoxy) is 1. The second kappa shape index (κ2) is 6.50. The third kappa shape index (κ3) is 3.29. The van der Waals surface area contributed by atoms with Crippen LogP contribution in [0.25, 0.3) is 0 Å². The van der Waals surface area contributed by atoms with E-state index in [9.17, 15) is 0 Å². The summed E-state index contributed by atoms with van der Waals surface area (Å²) in [5, 5.41) is 3.46. The first kappa shape index (κ1) is 13.0. The van der Waals surface area contributed by atoms with Gasteiger partial charge in [0.15, 0.2) is 5.82 Å². The highest BCUT2D eigenvalue weighted by atomic mass is 16.5. The molecule has 0 fully saturated rings. The Morgan fingerprint density at radius 1 is 1.39 bits per heavy atom. The van der Waals surface area contributed by atoms with Crippen molar-refractivity contribution in [2.75, 3.05) is 13.2 Å². The summed E-state index contributed by atoms with van der Waals surface area (Å²) in [6.07, 6.45) is 9.11. The Balaban J connectivity index is 2.18. The molecular formula is C14H21N3O. The van der Waals surface area contributed by atoms with Crippen molar-refractivity contribution in [3.63, 3.8) is 0 Å². The van der Waals surface area contributed by atoms with E-state index in [-0.39, 0.29) is 6.04 Å². The summed E-state index contributed by atoms with van der Waals surface area (Å²) in [7, 11) is 0. The fourth-order valence-corrected chi connectivity index (χ4v) is 1.94. The van der Waals surface area contributed by atoms with Gasteiger partial charge < -0.3 is 10.1 Å². The van der Waals surface area contributed by atoms with Crippen LogP contribution in [0.5, 0.6) is 0 Å².